The van der Waals surface area contributed by atoms with Crippen molar-refractivity contribution in [2.75, 3.05) is 6.61 Å². The molecular weight excluding hydrogens is 196 g/mol. The van der Waals surface area contributed by atoms with E-state index in [0.29, 0.717) is 6.61 Å². The highest BCUT2D eigenvalue weighted by Crippen LogP contribution is 2.32. The minimum Gasteiger partial charge on any atom is -0.396 e. The molecule has 0 aliphatic carbocycles. The number of hydrogen-bond donors (Lipinski definition) is 1. The van der Waals surface area contributed by atoms with Crippen LogP contribution in [-0.4, -0.2) is 11.7 Å². The summed E-state index contributed by atoms with van der Waals surface area (Å²) in [6.07, 6.45) is 13.0. The van der Waals surface area contributed by atoms with Gasteiger partial charge >= 0.3 is 0 Å². The lowest BCUT2D eigenvalue weighted by atomic mass is 9.78. The van der Waals surface area contributed by atoms with E-state index in [1.165, 1.54) is 51.4 Å². The summed E-state index contributed by atoms with van der Waals surface area (Å²) in [5, 5.41) is 9.45. The zero-order chi connectivity index (χ0) is 12.3. The monoisotopic (exact) mass is 228 g/mol. The summed E-state index contributed by atoms with van der Waals surface area (Å²) < 4.78 is 0. The number of rotatable bonds is 11. The molecule has 98 valence electrons. The van der Waals surface area contributed by atoms with Gasteiger partial charge in [-0.25, -0.2) is 0 Å². The third kappa shape index (κ3) is 6.52. The van der Waals surface area contributed by atoms with E-state index in [1.54, 1.807) is 0 Å². The minimum atomic E-state index is 0.226. The van der Waals surface area contributed by atoms with Crippen LogP contribution < -0.4 is 0 Å². The maximum atomic E-state index is 9.45. The largest absolute Gasteiger partial charge is 0.396 e. The van der Waals surface area contributed by atoms with Crippen molar-refractivity contribution in [2.45, 2.75) is 85.0 Å². The fourth-order valence-electron chi connectivity index (χ4n) is 2.36. The Labute approximate surface area is 103 Å². The first-order valence-electron chi connectivity index (χ1n) is 7.35. The molecule has 0 heterocycles. The Morgan fingerprint density at radius 1 is 0.750 bits per heavy atom. The van der Waals surface area contributed by atoms with Gasteiger partial charge < -0.3 is 5.11 Å². The van der Waals surface area contributed by atoms with Gasteiger partial charge in [-0.3, -0.25) is 0 Å². The van der Waals surface area contributed by atoms with Gasteiger partial charge in [0.15, 0.2) is 0 Å². The standard InChI is InChI=1S/C15H32O/c1-4-7-8-9-10-11-12-13-15(5-2,6-3)14-16/h16H,4-14H2,1-3H3. The highest BCUT2D eigenvalue weighted by molar-refractivity contribution is 4.75. The van der Waals surface area contributed by atoms with Crippen LogP contribution in [0.25, 0.3) is 0 Å². The van der Waals surface area contributed by atoms with E-state index < -0.39 is 0 Å². The Morgan fingerprint density at radius 3 is 1.69 bits per heavy atom. The van der Waals surface area contributed by atoms with Gasteiger partial charge in [0.1, 0.15) is 0 Å². The van der Waals surface area contributed by atoms with Crippen LogP contribution in [-0.2, 0) is 0 Å². The van der Waals surface area contributed by atoms with Crippen LogP contribution in [0.3, 0.4) is 0 Å². The summed E-state index contributed by atoms with van der Waals surface area (Å²) in [7, 11) is 0. The van der Waals surface area contributed by atoms with E-state index in [2.05, 4.69) is 20.8 Å². The fraction of sp³-hybridized carbons (Fsp3) is 1.00. The third-order valence-electron chi connectivity index (χ3n) is 4.15. The molecule has 16 heavy (non-hydrogen) atoms. The summed E-state index contributed by atoms with van der Waals surface area (Å²) in [6, 6.07) is 0. The second-order valence-electron chi connectivity index (χ2n) is 5.24. The lowest BCUT2D eigenvalue weighted by Gasteiger charge is -2.29. The van der Waals surface area contributed by atoms with E-state index in [4.69, 9.17) is 0 Å². The van der Waals surface area contributed by atoms with Gasteiger partial charge in [0.05, 0.1) is 0 Å². The first-order chi connectivity index (χ1) is 7.74. The molecule has 0 saturated heterocycles. The molecule has 0 bridgehead atoms. The van der Waals surface area contributed by atoms with Crippen molar-refractivity contribution in [3.63, 3.8) is 0 Å². The molecule has 1 nitrogen and oxygen atoms in total. The second-order valence-corrected chi connectivity index (χ2v) is 5.24. The molecule has 0 aliphatic rings. The molecule has 0 aliphatic heterocycles. The van der Waals surface area contributed by atoms with E-state index in [-0.39, 0.29) is 5.41 Å². The van der Waals surface area contributed by atoms with Crippen LogP contribution in [0.2, 0.25) is 0 Å². The molecule has 0 amide bonds. The molecule has 0 unspecified atom stereocenters. The van der Waals surface area contributed by atoms with E-state index in [9.17, 15) is 5.11 Å². The quantitative estimate of drug-likeness (QED) is 0.497. The third-order valence-corrected chi connectivity index (χ3v) is 4.15. The number of aliphatic hydroxyl groups excluding tert-OH is 1. The van der Waals surface area contributed by atoms with Gasteiger partial charge in [0, 0.05) is 6.61 Å². The molecule has 0 aromatic heterocycles. The Morgan fingerprint density at radius 2 is 1.25 bits per heavy atom. The molecule has 0 saturated carbocycles. The summed E-state index contributed by atoms with van der Waals surface area (Å²) in [6.45, 7) is 7.05. The lowest BCUT2D eigenvalue weighted by molar-refractivity contribution is 0.102. The zero-order valence-corrected chi connectivity index (χ0v) is 11.7. The zero-order valence-electron chi connectivity index (χ0n) is 11.7. The molecule has 0 aromatic carbocycles. The molecule has 0 aromatic rings. The van der Waals surface area contributed by atoms with Crippen molar-refractivity contribution in [2.24, 2.45) is 5.41 Å². The van der Waals surface area contributed by atoms with Crippen molar-refractivity contribution in [3.8, 4) is 0 Å². The van der Waals surface area contributed by atoms with E-state index in [0.717, 1.165) is 12.8 Å². The van der Waals surface area contributed by atoms with Gasteiger partial charge in [0.2, 0.25) is 0 Å². The Balaban J connectivity index is 3.48. The number of aliphatic hydroxyl groups is 1. The average molecular weight is 228 g/mol. The normalized spacial score (nSPS) is 12.0. The highest BCUT2D eigenvalue weighted by atomic mass is 16.3. The second kappa shape index (κ2) is 10.1. The number of unbranched alkanes of at least 4 members (excludes halogenated alkanes) is 6. The predicted molar refractivity (Wildman–Crippen MR) is 72.7 cm³/mol. The molecular formula is C15H32O. The van der Waals surface area contributed by atoms with Crippen molar-refractivity contribution >= 4 is 0 Å². The first-order valence-corrected chi connectivity index (χ1v) is 7.35. The first kappa shape index (κ1) is 16.0. The highest BCUT2D eigenvalue weighted by Gasteiger charge is 2.23. The van der Waals surface area contributed by atoms with Crippen molar-refractivity contribution in [1.82, 2.24) is 0 Å². The van der Waals surface area contributed by atoms with E-state index >= 15 is 0 Å². The van der Waals surface area contributed by atoms with Gasteiger partial charge in [-0.2, -0.15) is 0 Å². The van der Waals surface area contributed by atoms with Crippen LogP contribution in [0.4, 0.5) is 0 Å². The maximum absolute atomic E-state index is 9.45. The van der Waals surface area contributed by atoms with E-state index in [1.807, 2.05) is 0 Å². The smallest absolute Gasteiger partial charge is 0.0487 e. The summed E-state index contributed by atoms with van der Waals surface area (Å²) in [4.78, 5) is 0. The van der Waals surface area contributed by atoms with Crippen LogP contribution in [0.5, 0.6) is 0 Å². The SMILES string of the molecule is CCCCCCCCCC(CC)(CC)CO. The van der Waals surface area contributed by atoms with Gasteiger partial charge in [-0.1, -0.05) is 65.7 Å². The lowest BCUT2D eigenvalue weighted by Crippen LogP contribution is -2.23. The van der Waals surface area contributed by atoms with Crippen LogP contribution in [0.15, 0.2) is 0 Å². The summed E-state index contributed by atoms with van der Waals surface area (Å²) in [5.74, 6) is 0. The average Bonchev–Trinajstić information content (AvgIpc) is 2.34. The van der Waals surface area contributed by atoms with Crippen molar-refractivity contribution in [3.05, 3.63) is 0 Å². The molecule has 0 fully saturated rings. The predicted octanol–water partition coefficient (Wildman–Crippen LogP) is 4.93. The van der Waals surface area contributed by atoms with Gasteiger partial charge in [0.25, 0.3) is 0 Å². The molecule has 0 radical (unpaired) electrons. The topological polar surface area (TPSA) is 20.2 Å². The fourth-order valence-corrected chi connectivity index (χ4v) is 2.36. The molecule has 0 rings (SSSR count). The molecule has 0 atom stereocenters. The molecule has 0 spiro atoms. The maximum Gasteiger partial charge on any atom is 0.0487 e. The molecule has 1 heteroatoms. The summed E-state index contributed by atoms with van der Waals surface area (Å²) in [5.41, 5.74) is 0.226. The van der Waals surface area contributed by atoms with Gasteiger partial charge in [-0.15, -0.1) is 0 Å². The van der Waals surface area contributed by atoms with Gasteiger partial charge in [-0.05, 0) is 24.7 Å². The minimum absolute atomic E-state index is 0.226. The Hall–Kier alpha value is -0.0400. The van der Waals surface area contributed by atoms with Crippen LogP contribution in [0, 0.1) is 5.41 Å². The van der Waals surface area contributed by atoms with Crippen molar-refractivity contribution in [1.29, 1.82) is 0 Å². The molecule has 1 N–H and O–H groups in total. The van der Waals surface area contributed by atoms with Crippen molar-refractivity contribution < 1.29 is 5.11 Å². The Kier molecular flexibility index (Phi) is 10.1. The summed E-state index contributed by atoms with van der Waals surface area (Å²) >= 11 is 0. The van der Waals surface area contributed by atoms with Crippen LogP contribution in [0.1, 0.15) is 85.0 Å². The van der Waals surface area contributed by atoms with Crippen LogP contribution >= 0.6 is 0 Å². The number of hydrogen-bond acceptors (Lipinski definition) is 1. The Bertz CT molecular complexity index is 130.